The third kappa shape index (κ3) is 5.36. The van der Waals surface area contributed by atoms with Crippen molar-refractivity contribution in [1.29, 1.82) is 0 Å². The van der Waals surface area contributed by atoms with Crippen LogP contribution in [0.25, 0.3) is 0 Å². The maximum atomic E-state index is 13.4. The highest BCUT2D eigenvalue weighted by Crippen LogP contribution is 2.69. The van der Waals surface area contributed by atoms with Gasteiger partial charge in [-0.25, -0.2) is 4.79 Å². The van der Waals surface area contributed by atoms with E-state index < -0.39 is 101 Å². The Morgan fingerprint density at radius 3 is 2.07 bits per heavy atom. The molecule has 46 heavy (non-hydrogen) atoms. The summed E-state index contributed by atoms with van der Waals surface area (Å²) in [4.78, 5) is 76.6. The van der Waals surface area contributed by atoms with Crippen molar-refractivity contribution in [2.24, 2.45) is 11.3 Å². The van der Waals surface area contributed by atoms with Crippen LogP contribution >= 0.6 is 0 Å². The predicted molar refractivity (Wildman–Crippen MR) is 152 cm³/mol. The minimum Gasteiger partial charge on any atom is -0.462 e. The fraction of sp³-hybridized carbons (Fsp3) is 0.750. The first kappa shape index (κ1) is 33.8. The van der Waals surface area contributed by atoms with Crippen LogP contribution in [0.3, 0.4) is 0 Å². The average Bonchev–Trinajstić information content (AvgIpc) is 3.77. The van der Waals surface area contributed by atoms with Crippen LogP contribution in [-0.4, -0.2) is 95.8 Å². The molecule has 0 amide bonds. The summed E-state index contributed by atoms with van der Waals surface area (Å²) in [6.45, 7) is 11.4. The molecular formula is C32H42O14. The van der Waals surface area contributed by atoms with E-state index in [-0.39, 0.29) is 31.4 Å². The van der Waals surface area contributed by atoms with Crippen molar-refractivity contribution in [3.8, 4) is 0 Å². The van der Waals surface area contributed by atoms with Gasteiger partial charge in [0.15, 0.2) is 17.3 Å². The Hall–Kier alpha value is -3.52. The van der Waals surface area contributed by atoms with Gasteiger partial charge in [-0.2, -0.15) is 0 Å². The molecule has 0 aromatic heterocycles. The number of hydrogen-bond donors (Lipinski definition) is 0. The molecule has 0 radical (unpaired) electrons. The zero-order valence-electron chi connectivity index (χ0n) is 27.4. The maximum Gasteiger partial charge on any atom is 0.342 e. The molecule has 2 aliphatic carbocycles. The Morgan fingerprint density at radius 1 is 0.870 bits per heavy atom. The molecule has 3 heterocycles. The number of esters is 6. The predicted octanol–water partition coefficient (Wildman–Crippen LogP) is 2.02. The Balaban J connectivity index is 1.81. The molecule has 5 aliphatic rings. The van der Waals surface area contributed by atoms with Gasteiger partial charge in [-0.05, 0) is 26.3 Å². The summed E-state index contributed by atoms with van der Waals surface area (Å²) < 4.78 is 47.8. The summed E-state index contributed by atoms with van der Waals surface area (Å²) in [5.74, 6) is -4.80. The van der Waals surface area contributed by atoms with Crippen LogP contribution in [0.1, 0.15) is 81.1 Å². The lowest BCUT2D eigenvalue weighted by Crippen LogP contribution is -2.66. The van der Waals surface area contributed by atoms with E-state index in [9.17, 15) is 28.8 Å². The highest BCUT2D eigenvalue weighted by atomic mass is 16.7. The molecule has 14 nitrogen and oxygen atoms in total. The van der Waals surface area contributed by atoms with Gasteiger partial charge in [0.25, 0.3) is 0 Å². The highest BCUT2D eigenvalue weighted by Gasteiger charge is 2.89. The third-order valence-corrected chi connectivity index (χ3v) is 10.2. The molecule has 3 aliphatic heterocycles. The van der Waals surface area contributed by atoms with Gasteiger partial charge < -0.3 is 37.9 Å². The average molecular weight is 651 g/mol. The van der Waals surface area contributed by atoms with Gasteiger partial charge in [0.05, 0.1) is 17.1 Å². The first-order valence-corrected chi connectivity index (χ1v) is 15.6. The maximum absolute atomic E-state index is 13.4. The smallest absolute Gasteiger partial charge is 0.342 e. The van der Waals surface area contributed by atoms with E-state index >= 15 is 0 Å². The van der Waals surface area contributed by atoms with E-state index in [0.29, 0.717) is 6.42 Å². The molecule has 0 aromatic rings. The van der Waals surface area contributed by atoms with Gasteiger partial charge >= 0.3 is 35.8 Å². The molecule has 11 atom stereocenters. The second-order valence-electron chi connectivity index (χ2n) is 13.3. The van der Waals surface area contributed by atoms with Crippen molar-refractivity contribution < 1.29 is 66.7 Å². The third-order valence-electron chi connectivity index (χ3n) is 10.2. The molecular weight excluding hydrogens is 608 g/mol. The van der Waals surface area contributed by atoms with Crippen molar-refractivity contribution in [3.63, 3.8) is 0 Å². The zero-order valence-corrected chi connectivity index (χ0v) is 27.4. The summed E-state index contributed by atoms with van der Waals surface area (Å²) in [6.07, 6.45) is -4.11. The highest BCUT2D eigenvalue weighted by molar-refractivity contribution is 5.89. The van der Waals surface area contributed by atoms with Gasteiger partial charge in [0.2, 0.25) is 0 Å². The quantitative estimate of drug-likeness (QED) is 0.161. The van der Waals surface area contributed by atoms with E-state index in [1.54, 1.807) is 6.92 Å². The number of rotatable bonds is 8. The first-order chi connectivity index (χ1) is 21.4. The molecule has 3 saturated heterocycles. The van der Waals surface area contributed by atoms with Crippen molar-refractivity contribution in [1.82, 2.24) is 0 Å². The van der Waals surface area contributed by atoms with Gasteiger partial charge in [-0.15, -0.1) is 0 Å². The number of hydrogen-bond acceptors (Lipinski definition) is 14. The second kappa shape index (κ2) is 11.6. The van der Waals surface area contributed by atoms with E-state index in [1.807, 2.05) is 13.8 Å². The molecule has 14 heteroatoms. The molecule has 0 N–H and O–H groups in total. The van der Waals surface area contributed by atoms with Gasteiger partial charge in [0, 0.05) is 58.4 Å². The molecule has 5 rings (SSSR count). The van der Waals surface area contributed by atoms with Gasteiger partial charge in [-0.3, -0.25) is 24.0 Å². The molecule has 0 unspecified atom stereocenters. The van der Waals surface area contributed by atoms with Crippen LogP contribution in [0.4, 0.5) is 0 Å². The number of carbonyl (C=O) groups is 6. The number of ether oxygens (including phenoxy) is 8. The van der Waals surface area contributed by atoms with Crippen LogP contribution < -0.4 is 0 Å². The lowest BCUT2D eigenvalue weighted by molar-refractivity contribution is -0.216. The SMILES string of the molecule is CCCC(=O)O[C@H]1C[C@@H](OC(C)=O)/C(COC(C)=O)=C\[C@@H]2OC(=O)[C@]3(C)O[C@]23[C@@H](OC(C)=O)[C@H]2[C@@]3(C)O[C@H]3C[C@H](OC(C)=O)[C@]12C. The van der Waals surface area contributed by atoms with E-state index in [2.05, 4.69) is 0 Å². The van der Waals surface area contributed by atoms with Crippen molar-refractivity contribution in [2.45, 2.75) is 135 Å². The topological polar surface area (TPSA) is 183 Å². The Bertz CT molecular complexity index is 1370. The van der Waals surface area contributed by atoms with Gasteiger partial charge in [-0.1, -0.05) is 13.8 Å². The molecule has 1 spiro atoms. The zero-order chi connectivity index (χ0) is 34.0. The molecule has 1 saturated carbocycles. The van der Waals surface area contributed by atoms with Crippen LogP contribution in [0.2, 0.25) is 0 Å². The lowest BCUT2D eigenvalue weighted by atomic mass is 9.53. The Labute approximate surface area is 266 Å². The fourth-order valence-electron chi connectivity index (χ4n) is 8.04. The van der Waals surface area contributed by atoms with E-state index in [4.69, 9.17) is 37.9 Å². The lowest BCUT2D eigenvalue weighted by Gasteiger charge is -2.54. The second-order valence-corrected chi connectivity index (χ2v) is 13.3. The largest absolute Gasteiger partial charge is 0.462 e. The van der Waals surface area contributed by atoms with Crippen molar-refractivity contribution in [3.05, 3.63) is 11.6 Å². The van der Waals surface area contributed by atoms with Crippen LogP contribution in [-0.2, 0) is 66.7 Å². The molecule has 254 valence electrons. The van der Waals surface area contributed by atoms with E-state index in [0.717, 1.165) is 0 Å². The van der Waals surface area contributed by atoms with Crippen LogP contribution in [0.15, 0.2) is 11.6 Å². The molecule has 0 bridgehead atoms. The first-order valence-electron chi connectivity index (χ1n) is 15.6. The number of epoxide rings is 2. The van der Waals surface area contributed by atoms with Crippen molar-refractivity contribution in [2.75, 3.05) is 6.61 Å². The Morgan fingerprint density at radius 2 is 1.50 bits per heavy atom. The monoisotopic (exact) mass is 650 g/mol. The summed E-state index contributed by atoms with van der Waals surface area (Å²) >= 11 is 0. The number of carbonyl (C=O) groups excluding carboxylic acids is 6. The number of fused-ring (bicyclic) bond motifs is 3. The summed E-state index contributed by atoms with van der Waals surface area (Å²) in [5.41, 5.74) is -5.40. The fourth-order valence-corrected chi connectivity index (χ4v) is 8.04. The molecule has 4 fully saturated rings. The van der Waals surface area contributed by atoms with Gasteiger partial charge in [0.1, 0.15) is 31.0 Å². The summed E-state index contributed by atoms with van der Waals surface area (Å²) in [5, 5.41) is 0. The van der Waals surface area contributed by atoms with E-state index in [1.165, 1.54) is 40.7 Å². The molecule has 0 aromatic carbocycles. The standard InChI is InChI=1S/C32H42O14/c1-9-10-25(37)43-21-12-20(40-16(3)34)19(14-39-15(2)33)11-24-32(31(8,46-32)28(38)44-24)27(42-18(5)36)26-29(21,6)22(41-17(4)35)13-23-30(26,7)45-23/h11,20-24,26-27H,9-10,12-14H2,1-8H3/b19-11-/t20-,21+,22+,23+,24+,26-,27+,29+,30+,31+,32+/m1/s1. The van der Waals surface area contributed by atoms with Crippen molar-refractivity contribution >= 4 is 35.8 Å². The normalized spacial score (nSPS) is 43.0. The summed E-state index contributed by atoms with van der Waals surface area (Å²) in [6, 6.07) is 0. The van der Waals surface area contributed by atoms with Crippen LogP contribution in [0.5, 0.6) is 0 Å². The minimum absolute atomic E-state index is 0.0587. The minimum atomic E-state index is -1.63. The van der Waals surface area contributed by atoms with Crippen LogP contribution in [0, 0.1) is 11.3 Å². The Kier molecular flexibility index (Phi) is 8.55. The summed E-state index contributed by atoms with van der Waals surface area (Å²) in [7, 11) is 0.